The van der Waals surface area contributed by atoms with Crippen LogP contribution in [0.15, 0.2) is 47.9 Å². The Balaban J connectivity index is 1.68. The van der Waals surface area contributed by atoms with Crippen molar-refractivity contribution in [3.8, 4) is 0 Å². The molecule has 2 aromatic rings. The summed E-state index contributed by atoms with van der Waals surface area (Å²) >= 11 is 0. The summed E-state index contributed by atoms with van der Waals surface area (Å²) in [4.78, 5) is 16.3. The molecule has 0 atom stereocenters. The fourth-order valence-corrected chi connectivity index (χ4v) is 3.02. The first-order valence-electron chi connectivity index (χ1n) is 7.76. The highest BCUT2D eigenvalue weighted by Gasteiger charge is 2.09. The van der Waals surface area contributed by atoms with E-state index in [4.69, 9.17) is 0 Å². The number of hydrogen-bond acceptors (Lipinski definition) is 4. The van der Waals surface area contributed by atoms with Gasteiger partial charge in [0.2, 0.25) is 0 Å². The Labute approximate surface area is 137 Å². The molecule has 1 aromatic heterocycles. The fraction of sp³-hybridized carbons (Fsp3) is 0.412. The summed E-state index contributed by atoms with van der Waals surface area (Å²) in [6, 6.07) is 6.18. The van der Waals surface area contributed by atoms with E-state index < -0.39 is 9.84 Å². The average Bonchev–Trinajstić information content (AvgIpc) is 3.03. The van der Waals surface area contributed by atoms with Gasteiger partial charge in [0.25, 0.3) is 0 Å². The van der Waals surface area contributed by atoms with Crippen molar-refractivity contribution in [3.05, 3.63) is 48.5 Å². The molecular formula is C17H22N2O3S. The molecule has 0 aliphatic carbocycles. The third kappa shape index (κ3) is 5.63. The fourth-order valence-electron chi connectivity index (χ4n) is 2.38. The van der Waals surface area contributed by atoms with Gasteiger partial charge in [-0.1, -0.05) is 25.0 Å². The Kier molecular flexibility index (Phi) is 6.10. The number of nitrogens with zero attached hydrogens (tertiary/aromatic N) is 2. The maximum absolute atomic E-state index is 12.1. The van der Waals surface area contributed by atoms with Crippen LogP contribution in [0.3, 0.4) is 0 Å². The molecule has 0 spiro atoms. The summed E-state index contributed by atoms with van der Waals surface area (Å²) in [6.07, 6.45) is 11.2. The van der Waals surface area contributed by atoms with Gasteiger partial charge in [-0.2, -0.15) is 0 Å². The van der Waals surface area contributed by atoms with E-state index in [1.165, 1.54) is 12.1 Å². The zero-order valence-electron chi connectivity index (χ0n) is 13.3. The number of unbranched alkanes of at least 4 members (excludes halogenated alkanes) is 3. The number of benzene rings is 1. The number of ketones is 1. The van der Waals surface area contributed by atoms with Crippen molar-refractivity contribution in [1.82, 2.24) is 9.55 Å². The monoisotopic (exact) mass is 334 g/mol. The molecule has 124 valence electrons. The Hall–Kier alpha value is -1.95. The Bertz CT molecular complexity index is 720. The molecule has 23 heavy (non-hydrogen) atoms. The maximum atomic E-state index is 12.1. The van der Waals surface area contributed by atoms with Gasteiger partial charge < -0.3 is 4.57 Å². The molecular weight excluding hydrogens is 312 g/mol. The van der Waals surface area contributed by atoms with Crippen molar-refractivity contribution < 1.29 is 13.2 Å². The number of Topliss-reactive ketones (excluding diaryl/α,β-unsaturated/α-hetero) is 1. The second-order valence-corrected chi connectivity index (χ2v) is 7.70. The summed E-state index contributed by atoms with van der Waals surface area (Å²) in [5, 5.41) is 0. The summed E-state index contributed by atoms with van der Waals surface area (Å²) in [7, 11) is -3.21. The van der Waals surface area contributed by atoms with Gasteiger partial charge in [0.15, 0.2) is 15.6 Å². The molecule has 5 nitrogen and oxygen atoms in total. The minimum atomic E-state index is -3.21. The highest BCUT2D eigenvalue weighted by atomic mass is 32.2. The third-order valence-electron chi connectivity index (χ3n) is 3.73. The Morgan fingerprint density at radius 1 is 1.09 bits per heavy atom. The van der Waals surface area contributed by atoms with Crippen LogP contribution < -0.4 is 0 Å². The van der Waals surface area contributed by atoms with Gasteiger partial charge in [-0.05, 0) is 25.0 Å². The van der Waals surface area contributed by atoms with E-state index in [1.54, 1.807) is 18.3 Å². The van der Waals surface area contributed by atoms with Crippen molar-refractivity contribution in [2.45, 2.75) is 43.5 Å². The van der Waals surface area contributed by atoms with Crippen molar-refractivity contribution in [1.29, 1.82) is 0 Å². The molecule has 0 amide bonds. The van der Waals surface area contributed by atoms with E-state index in [-0.39, 0.29) is 10.7 Å². The molecule has 0 saturated heterocycles. The lowest BCUT2D eigenvalue weighted by molar-refractivity contribution is 0.0979. The molecule has 1 aromatic carbocycles. The summed E-state index contributed by atoms with van der Waals surface area (Å²) in [5.74, 6) is 0.0691. The second-order valence-electron chi connectivity index (χ2n) is 5.68. The van der Waals surface area contributed by atoms with Gasteiger partial charge in [-0.3, -0.25) is 4.79 Å². The number of aryl methyl sites for hydroxylation is 1. The first kappa shape index (κ1) is 17.4. The normalized spacial score (nSPS) is 11.5. The van der Waals surface area contributed by atoms with E-state index in [1.807, 2.05) is 12.5 Å². The summed E-state index contributed by atoms with van der Waals surface area (Å²) < 4.78 is 24.8. The van der Waals surface area contributed by atoms with Crippen molar-refractivity contribution in [2.75, 3.05) is 6.26 Å². The number of hydrogen-bond donors (Lipinski definition) is 0. The molecule has 1 heterocycles. The molecule has 0 radical (unpaired) electrons. The van der Waals surface area contributed by atoms with E-state index in [0.29, 0.717) is 12.0 Å². The van der Waals surface area contributed by atoms with E-state index in [9.17, 15) is 13.2 Å². The molecule has 0 bridgehead atoms. The van der Waals surface area contributed by atoms with Gasteiger partial charge in [0.05, 0.1) is 11.2 Å². The predicted octanol–water partition coefficient (Wildman–Crippen LogP) is 3.12. The largest absolute Gasteiger partial charge is 0.337 e. The number of sulfone groups is 1. The predicted molar refractivity (Wildman–Crippen MR) is 89.2 cm³/mol. The number of imidazole rings is 1. The lowest BCUT2D eigenvalue weighted by atomic mass is 10.0. The van der Waals surface area contributed by atoms with Crippen LogP contribution in [0.1, 0.15) is 42.5 Å². The lowest BCUT2D eigenvalue weighted by Gasteiger charge is -2.04. The van der Waals surface area contributed by atoms with Crippen LogP contribution in [0, 0.1) is 0 Å². The highest BCUT2D eigenvalue weighted by molar-refractivity contribution is 7.90. The quantitative estimate of drug-likeness (QED) is 0.522. The first-order chi connectivity index (χ1) is 11.0. The van der Waals surface area contributed by atoms with Crippen LogP contribution in [0.25, 0.3) is 0 Å². The zero-order valence-corrected chi connectivity index (χ0v) is 14.1. The minimum absolute atomic E-state index is 0.0691. The molecule has 0 aliphatic heterocycles. The maximum Gasteiger partial charge on any atom is 0.175 e. The topological polar surface area (TPSA) is 69.0 Å². The van der Waals surface area contributed by atoms with Crippen LogP contribution in [0.2, 0.25) is 0 Å². The Morgan fingerprint density at radius 3 is 2.39 bits per heavy atom. The third-order valence-corrected chi connectivity index (χ3v) is 4.86. The van der Waals surface area contributed by atoms with E-state index >= 15 is 0 Å². The van der Waals surface area contributed by atoms with Crippen LogP contribution in [0.5, 0.6) is 0 Å². The molecule has 6 heteroatoms. The molecule has 0 aliphatic rings. The lowest BCUT2D eigenvalue weighted by Crippen LogP contribution is -2.01. The summed E-state index contributed by atoms with van der Waals surface area (Å²) in [5.41, 5.74) is 0.579. The smallest absolute Gasteiger partial charge is 0.175 e. The first-order valence-corrected chi connectivity index (χ1v) is 9.65. The molecule has 0 N–H and O–H groups in total. The number of aromatic nitrogens is 2. The van der Waals surface area contributed by atoms with Crippen LogP contribution in [-0.4, -0.2) is 30.0 Å². The molecule has 0 saturated carbocycles. The standard InChI is InChI=1S/C17H22N2O3S/c1-23(21,22)16-9-7-15(8-10-16)17(20)6-4-2-3-5-12-19-13-11-18-14-19/h7-11,13-14H,2-6,12H2,1H3. The van der Waals surface area contributed by atoms with Crippen molar-refractivity contribution >= 4 is 15.6 Å². The summed E-state index contributed by atoms with van der Waals surface area (Å²) in [6.45, 7) is 0.959. The second kappa shape index (κ2) is 8.06. The van der Waals surface area contributed by atoms with Crippen LogP contribution >= 0.6 is 0 Å². The van der Waals surface area contributed by atoms with Crippen molar-refractivity contribution in [2.24, 2.45) is 0 Å². The van der Waals surface area contributed by atoms with Crippen molar-refractivity contribution in [3.63, 3.8) is 0 Å². The van der Waals surface area contributed by atoms with E-state index in [2.05, 4.69) is 9.55 Å². The zero-order chi connectivity index (χ0) is 16.7. The average molecular weight is 334 g/mol. The molecule has 0 fully saturated rings. The SMILES string of the molecule is CS(=O)(=O)c1ccc(C(=O)CCCCCCn2ccnc2)cc1. The number of rotatable bonds is 9. The number of carbonyl (C=O) groups excluding carboxylic acids is 1. The van der Waals surface area contributed by atoms with Crippen LogP contribution in [-0.2, 0) is 16.4 Å². The molecule has 2 rings (SSSR count). The highest BCUT2D eigenvalue weighted by Crippen LogP contribution is 2.14. The molecule has 0 unspecified atom stereocenters. The van der Waals surface area contributed by atoms with Crippen LogP contribution in [0.4, 0.5) is 0 Å². The van der Waals surface area contributed by atoms with Gasteiger partial charge in [0.1, 0.15) is 0 Å². The number of carbonyl (C=O) groups is 1. The van der Waals surface area contributed by atoms with Gasteiger partial charge >= 0.3 is 0 Å². The van der Waals surface area contributed by atoms with Gasteiger partial charge in [-0.15, -0.1) is 0 Å². The van der Waals surface area contributed by atoms with E-state index in [0.717, 1.165) is 38.5 Å². The van der Waals surface area contributed by atoms with Gasteiger partial charge in [0, 0.05) is 37.2 Å². The minimum Gasteiger partial charge on any atom is -0.337 e. The Morgan fingerprint density at radius 2 is 1.78 bits per heavy atom. The van der Waals surface area contributed by atoms with Gasteiger partial charge in [-0.25, -0.2) is 13.4 Å².